The van der Waals surface area contributed by atoms with Crippen LogP contribution in [-0.2, 0) is 6.61 Å². The first-order valence-electron chi connectivity index (χ1n) is 6.50. The predicted octanol–water partition coefficient (Wildman–Crippen LogP) is 2.66. The molecule has 0 aliphatic heterocycles. The van der Waals surface area contributed by atoms with Crippen LogP contribution in [0.1, 0.15) is 17.2 Å². The van der Waals surface area contributed by atoms with E-state index in [-0.39, 0.29) is 11.3 Å². The smallest absolute Gasteiger partial charge is 0.170 e. The van der Waals surface area contributed by atoms with Crippen LogP contribution in [0.15, 0.2) is 48.5 Å². The topological polar surface area (TPSA) is 41.5 Å². The molecule has 2 aromatic carbocycles. The number of ether oxygens (including phenoxy) is 1. The number of rotatable bonds is 6. The summed E-state index contributed by atoms with van der Waals surface area (Å²) in [7, 11) is 1.71. The molecule has 2 N–H and O–H groups in total. The molecule has 0 fully saturated rings. The average molecular weight is 275 g/mol. The van der Waals surface area contributed by atoms with Gasteiger partial charge in [0, 0.05) is 12.1 Å². The summed E-state index contributed by atoms with van der Waals surface area (Å²) in [5.74, 6) is -0.354. The maximum absolute atomic E-state index is 14.2. The second-order valence-electron chi connectivity index (χ2n) is 4.51. The maximum Gasteiger partial charge on any atom is 0.170 e. The molecule has 0 unspecified atom stereocenters. The molecule has 0 saturated carbocycles. The summed E-state index contributed by atoms with van der Waals surface area (Å²) in [5, 5.41) is 12.7. The van der Waals surface area contributed by atoms with Gasteiger partial charge in [-0.2, -0.15) is 0 Å². The first kappa shape index (κ1) is 14.5. The van der Waals surface area contributed by atoms with Crippen LogP contribution in [0.25, 0.3) is 0 Å². The van der Waals surface area contributed by atoms with E-state index in [4.69, 9.17) is 4.74 Å². The van der Waals surface area contributed by atoms with Gasteiger partial charge in [-0.15, -0.1) is 0 Å². The minimum absolute atomic E-state index is 0.154. The fourth-order valence-corrected chi connectivity index (χ4v) is 1.94. The summed E-state index contributed by atoms with van der Waals surface area (Å²) >= 11 is 0. The van der Waals surface area contributed by atoms with Gasteiger partial charge in [-0.3, -0.25) is 0 Å². The van der Waals surface area contributed by atoms with E-state index in [2.05, 4.69) is 5.32 Å². The van der Waals surface area contributed by atoms with Crippen LogP contribution in [0.5, 0.6) is 5.75 Å². The van der Waals surface area contributed by atoms with Gasteiger partial charge in [0.05, 0.1) is 6.10 Å². The van der Waals surface area contributed by atoms with E-state index in [1.165, 1.54) is 0 Å². The van der Waals surface area contributed by atoms with Gasteiger partial charge in [0.1, 0.15) is 6.61 Å². The van der Waals surface area contributed by atoms with Crippen molar-refractivity contribution < 1.29 is 14.2 Å². The van der Waals surface area contributed by atoms with Gasteiger partial charge >= 0.3 is 0 Å². The van der Waals surface area contributed by atoms with E-state index in [1.807, 2.05) is 30.3 Å². The third-order valence-corrected chi connectivity index (χ3v) is 2.99. The van der Waals surface area contributed by atoms with Crippen molar-refractivity contribution in [2.45, 2.75) is 12.7 Å². The molecule has 2 rings (SSSR count). The zero-order chi connectivity index (χ0) is 14.4. The fraction of sp³-hybridized carbons (Fsp3) is 0.250. The molecule has 0 bridgehead atoms. The minimum atomic E-state index is -0.889. The molecular weight excluding hydrogens is 257 g/mol. The first-order valence-corrected chi connectivity index (χ1v) is 6.50. The highest BCUT2D eigenvalue weighted by molar-refractivity contribution is 5.33. The molecule has 3 nitrogen and oxygen atoms in total. The molecule has 4 heteroatoms. The first-order chi connectivity index (χ1) is 9.72. The Morgan fingerprint density at radius 1 is 1.15 bits per heavy atom. The highest BCUT2D eigenvalue weighted by Gasteiger charge is 2.15. The monoisotopic (exact) mass is 275 g/mol. The normalized spacial score (nSPS) is 12.2. The van der Waals surface area contributed by atoms with Crippen molar-refractivity contribution in [3.05, 3.63) is 65.5 Å². The van der Waals surface area contributed by atoms with Crippen LogP contribution in [0.3, 0.4) is 0 Å². The molecule has 0 spiro atoms. The second-order valence-corrected chi connectivity index (χ2v) is 4.51. The molecule has 0 radical (unpaired) electrons. The number of nitrogens with one attached hydrogen (secondary N) is 1. The highest BCUT2D eigenvalue weighted by Crippen LogP contribution is 2.25. The van der Waals surface area contributed by atoms with Gasteiger partial charge in [0.2, 0.25) is 0 Å². The third kappa shape index (κ3) is 3.56. The van der Waals surface area contributed by atoms with Gasteiger partial charge in [-0.05, 0) is 18.7 Å². The summed E-state index contributed by atoms with van der Waals surface area (Å²) in [6, 6.07) is 14.4. The second kappa shape index (κ2) is 7.03. The zero-order valence-electron chi connectivity index (χ0n) is 11.3. The lowest BCUT2D eigenvalue weighted by Gasteiger charge is -2.14. The van der Waals surface area contributed by atoms with Crippen LogP contribution in [-0.4, -0.2) is 18.7 Å². The highest BCUT2D eigenvalue weighted by atomic mass is 19.1. The summed E-state index contributed by atoms with van der Waals surface area (Å²) in [6.45, 7) is 0.586. The van der Waals surface area contributed by atoms with Crippen molar-refractivity contribution in [1.29, 1.82) is 0 Å². The molecule has 0 aromatic heterocycles. The maximum atomic E-state index is 14.2. The summed E-state index contributed by atoms with van der Waals surface area (Å²) in [4.78, 5) is 0. The van der Waals surface area contributed by atoms with Crippen LogP contribution < -0.4 is 10.1 Å². The number of aliphatic hydroxyl groups excluding tert-OH is 1. The Morgan fingerprint density at radius 3 is 2.60 bits per heavy atom. The van der Waals surface area contributed by atoms with Crippen LogP contribution >= 0.6 is 0 Å². The number of likely N-dealkylation sites (N-methyl/N-ethyl adjacent to an activating group) is 1. The molecular formula is C16H18FNO2. The zero-order valence-corrected chi connectivity index (χ0v) is 11.3. The average Bonchev–Trinajstić information content (AvgIpc) is 2.47. The number of benzene rings is 2. The van der Waals surface area contributed by atoms with Crippen molar-refractivity contribution >= 4 is 0 Å². The largest absolute Gasteiger partial charge is 0.486 e. The molecule has 0 heterocycles. The fourth-order valence-electron chi connectivity index (χ4n) is 1.94. The third-order valence-electron chi connectivity index (χ3n) is 2.99. The predicted molar refractivity (Wildman–Crippen MR) is 76.1 cm³/mol. The van der Waals surface area contributed by atoms with E-state index in [0.29, 0.717) is 13.2 Å². The minimum Gasteiger partial charge on any atom is -0.486 e. The van der Waals surface area contributed by atoms with E-state index in [1.54, 1.807) is 25.2 Å². The summed E-state index contributed by atoms with van der Waals surface area (Å²) in [6.07, 6.45) is -0.889. The molecule has 0 saturated heterocycles. The van der Waals surface area contributed by atoms with Crippen LogP contribution in [0, 0.1) is 5.82 Å². The van der Waals surface area contributed by atoms with Crippen molar-refractivity contribution in [3.63, 3.8) is 0 Å². The molecule has 0 amide bonds. The number of hydrogen-bond acceptors (Lipinski definition) is 3. The standard InChI is InChI=1S/C16H18FNO2/c1-18-10-14(19)13-8-5-9-15(16(13)17)20-11-12-6-3-2-4-7-12/h2-9,14,18-19H,10-11H2,1H3/t14-/m0/s1. The quantitative estimate of drug-likeness (QED) is 0.851. The Kier molecular flexibility index (Phi) is 5.09. The van der Waals surface area contributed by atoms with E-state index < -0.39 is 11.9 Å². The van der Waals surface area contributed by atoms with Crippen molar-refractivity contribution in [3.8, 4) is 5.75 Å². The Morgan fingerprint density at radius 2 is 1.90 bits per heavy atom. The van der Waals surface area contributed by atoms with E-state index in [0.717, 1.165) is 5.56 Å². The Labute approximate surface area is 118 Å². The molecule has 0 aliphatic carbocycles. The lowest BCUT2D eigenvalue weighted by molar-refractivity contribution is 0.171. The van der Waals surface area contributed by atoms with E-state index in [9.17, 15) is 9.50 Å². The van der Waals surface area contributed by atoms with E-state index >= 15 is 0 Å². The van der Waals surface area contributed by atoms with Gasteiger partial charge in [0.25, 0.3) is 0 Å². The van der Waals surface area contributed by atoms with Gasteiger partial charge in [-0.1, -0.05) is 42.5 Å². The van der Waals surface area contributed by atoms with Gasteiger partial charge in [0.15, 0.2) is 11.6 Å². The number of halogens is 1. The summed E-state index contributed by atoms with van der Waals surface area (Å²) in [5.41, 5.74) is 1.21. The molecule has 20 heavy (non-hydrogen) atoms. The molecule has 1 atom stereocenters. The lowest BCUT2D eigenvalue weighted by atomic mass is 10.1. The Balaban J connectivity index is 2.10. The van der Waals surface area contributed by atoms with Crippen molar-refractivity contribution in [2.75, 3.05) is 13.6 Å². The molecule has 0 aliphatic rings. The van der Waals surface area contributed by atoms with Gasteiger partial charge in [-0.25, -0.2) is 4.39 Å². The lowest BCUT2D eigenvalue weighted by Crippen LogP contribution is -2.17. The Bertz CT molecular complexity index is 545. The van der Waals surface area contributed by atoms with Gasteiger partial charge < -0.3 is 15.2 Å². The summed E-state index contributed by atoms with van der Waals surface area (Å²) < 4.78 is 19.7. The number of hydrogen-bond donors (Lipinski definition) is 2. The Hall–Kier alpha value is -1.91. The van der Waals surface area contributed by atoms with Crippen LogP contribution in [0.2, 0.25) is 0 Å². The number of aliphatic hydroxyl groups is 1. The molecule has 2 aromatic rings. The SMILES string of the molecule is CNC[C@H](O)c1cccc(OCc2ccccc2)c1F. The van der Waals surface area contributed by atoms with Crippen molar-refractivity contribution in [1.82, 2.24) is 5.32 Å². The molecule has 106 valence electrons. The van der Waals surface area contributed by atoms with Crippen molar-refractivity contribution in [2.24, 2.45) is 0 Å². The van der Waals surface area contributed by atoms with Crippen LogP contribution in [0.4, 0.5) is 4.39 Å².